The van der Waals surface area contributed by atoms with E-state index in [-0.39, 0.29) is 0 Å². The molecule has 23 heavy (non-hydrogen) atoms. The number of benzene rings is 1. The van der Waals surface area contributed by atoms with Gasteiger partial charge in [-0.2, -0.15) is 0 Å². The Morgan fingerprint density at radius 2 is 2.22 bits per heavy atom. The average Bonchev–Trinajstić information content (AvgIpc) is 3.22. The van der Waals surface area contributed by atoms with Crippen molar-refractivity contribution in [3.05, 3.63) is 41.5 Å². The van der Waals surface area contributed by atoms with Crippen molar-refractivity contribution < 1.29 is 14.8 Å². The first kappa shape index (κ1) is 14.5. The summed E-state index contributed by atoms with van der Waals surface area (Å²) < 4.78 is 7.43. The lowest BCUT2D eigenvalue weighted by molar-refractivity contribution is 0.402. The van der Waals surface area contributed by atoms with E-state index in [9.17, 15) is 10.0 Å². The second kappa shape index (κ2) is 5.52. The van der Waals surface area contributed by atoms with E-state index in [4.69, 9.17) is 4.74 Å². The smallest absolute Gasteiger partial charge is 0.492 e. The highest BCUT2D eigenvalue weighted by molar-refractivity contribution is 7.13. The van der Waals surface area contributed by atoms with Gasteiger partial charge in [-0.05, 0) is 35.6 Å². The molecular weight excluding hydrogens is 311 g/mol. The van der Waals surface area contributed by atoms with Gasteiger partial charge in [0, 0.05) is 17.6 Å². The summed E-state index contributed by atoms with van der Waals surface area (Å²) in [5.74, 6) is 0.504. The summed E-state index contributed by atoms with van der Waals surface area (Å²) in [7, 11) is -0.0312. The first-order valence-corrected chi connectivity index (χ1v) is 8.23. The molecule has 116 valence electrons. The van der Waals surface area contributed by atoms with Crippen LogP contribution >= 0.6 is 11.3 Å². The standard InChI is InChI=1S/C16H15BN2O3S/c1-22-13-7-10-4-5-19-9-18-15(14-3-2-6-23-14)16(19)11(10)8-12(13)17(20)21/h2-3,6-9,20-21H,4-5H2,1H3. The molecule has 0 atom stereocenters. The predicted octanol–water partition coefficient (Wildman–Crippen LogP) is 1.52. The first-order chi connectivity index (χ1) is 11.2. The van der Waals surface area contributed by atoms with Gasteiger partial charge in [0.05, 0.1) is 24.0 Å². The van der Waals surface area contributed by atoms with Gasteiger partial charge in [0.15, 0.2) is 0 Å². The Labute approximate surface area is 138 Å². The van der Waals surface area contributed by atoms with Gasteiger partial charge >= 0.3 is 7.12 Å². The number of nitrogens with zero attached hydrogens (tertiary/aromatic N) is 2. The Kier molecular flexibility index (Phi) is 3.48. The third-order valence-corrected chi connectivity index (χ3v) is 5.08. The number of thiophene rings is 1. The summed E-state index contributed by atoms with van der Waals surface area (Å²) in [4.78, 5) is 5.68. The minimum Gasteiger partial charge on any atom is -0.497 e. The molecule has 0 radical (unpaired) electrons. The summed E-state index contributed by atoms with van der Waals surface area (Å²) >= 11 is 1.65. The quantitative estimate of drug-likeness (QED) is 0.716. The van der Waals surface area contributed by atoms with Crippen LogP contribution < -0.4 is 10.2 Å². The summed E-state index contributed by atoms with van der Waals surface area (Å²) in [5.41, 5.74) is 4.46. The topological polar surface area (TPSA) is 67.5 Å². The van der Waals surface area contributed by atoms with Crippen LogP contribution in [0.3, 0.4) is 0 Å². The Bertz CT molecular complexity index is 859. The van der Waals surface area contributed by atoms with E-state index in [2.05, 4.69) is 9.55 Å². The summed E-state index contributed by atoms with van der Waals surface area (Å²) in [6, 6.07) is 7.77. The lowest BCUT2D eigenvalue weighted by Crippen LogP contribution is -2.32. The number of rotatable bonds is 3. The molecule has 0 saturated heterocycles. The molecule has 3 aromatic rings. The van der Waals surface area contributed by atoms with Gasteiger partial charge in [-0.15, -0.1) is 11.3 Å². The van der Waals surface area contributed by atoms with Crippen LogP contribution in [-0.2, 0) is 13.0 Å². The van der Waals surface area contributed by atoms with Crippen molar-refractivity contribution in [3.63, 3.8) is 0 Å². The Hall–Kier alpha value is -2.09. The van der Waals surface area contributed by atoms with Gasteiger partial charge in [-0.25, -0.2) is 4.98 Å². The third kappa shape index (κ3) is 2.28. The second-order valence-electron chi connectivity index (χ2n) is 5.49. The molecule has 0 amide bonds. The number of ether oxygens (including phenoxy) is 1. The Morgan fingerprint density at radius 1 is 1.35 bits per heavy atom. The highest BCUT2D eigenvalue weighted by atomic mass is 32.1. The molecule has 0 bridgehead atoms. The van der Waals surface area contributed by atoms with Crippen LogP contribution in [-0.4, -0.2) is 33.8 Å². The minimum atomic E-state index is -1.57. The van der Waals surface area contributed by atoms with Crippen molar-refractivity contribution in [2.24, 2.45) is 0 Å². The molecule has 0 unspecified atom stereocenters. The molecule has 0 fully saturated rings. The van der Waals surface area contributed by atoms with E-state index in [1.54, 1.807) is 11.3 Å². The molecule has 0 saturated carbocycles. The zero-order valence-electron chi connectivity index (χ0n) is 12.6. The molecular formula is C16H15BN2O3S. The van der Waals surface area contributed by atoms with Crippen LogP contribution in [0.25, 0.3) is 21.8 Å². The van der Waals surface area contributed by atoms with Crippen molar-refractivity contribution in [1.82, 2.24) is 9.55 Å². The molecule has 1 aromatic carbocycles. The number of hydrogen-bond acceptors (Lipinski definition) is 5. The number of fused-ring (bicyclic) bond motifs is 3. The van der Waals surface area contributed by atoms with Gasteiger partial charge in [0.1, 0.15) is 11.4 Å². The van der Waals surface area contributed by atoms with Gasteiger partial charge in [0.2, 0.25) is 0 Å². The van der Waals surface area contributed by atoms with E-state index in [0.717, 1.165) is 40.4 Å². The maximum Gasteiger partial charge on any atom is 0.492 e. The Morgan fingerprint density at radius 3 is 2.91 bits per heavy atom. The fourth-order valence-corrected chi connectivity index (χ4v) is 3.84. The number of aryl methyl sites for hydroxylation is 2. The lowest BCUT2D eigenvalue weighted by atomic mass is 9.76. The molecule has 2 aromatic heterocycles. The largest absolute Gasteiger partial charge is 0.497 e. The molecule has 5 nitrogen and oxygen atoms in total. The zero-order chi connectivity index (χ0) is 16.0. The molecule has 0 aliphatic carbocycles. The van der Waals surface area contributed by atoms with Crippen molar-refractivity contribution in [2.45, 2.75) is 13.0 Å². The van der Waals surface area contributed by atoms with Gasteiger partial charge in [-0.3, -0.25) is 0 Å². The fraction of sp³-hybridized carbons (Fsp3) is 0.188. The number of imidazole rings is 1. The van der Waals surface area contributed by atoms with Crippen LogP contribution in [0.1, 0.15) is 5.56 Å². The zero-order valence-corrected chi connectivity index (χ0v) is 13.4. The first-order valence-electron chi connectivity index (χ1n) is 7.35. The van der Waals surface area contributed by atoms with E-state index < -0.39 is 7.12 Å². The molecule has 0 spiro atoms. The monoisotopic (exact) mass is 326 g/mol. The van der Waals surface area contributed by atoms with Crippen LogP contribution in [0.2, 0.25) is 0 Å². The predicted molar refractivity (Wildman–Crippen MR) is 91.1 cm³/mol. The van der Waals surface area contributed by atoms with Gasteiger partial charge < -0.3 is 19.4 Å². The molecule has 1 aliphatic rings. The highest BCUT2D eigenvalue weighted by Crippen LogP contribution is 2.38. The Balaban J connectivity index is 1.95. The normalized spacial score (nSPS) is 12.7. The van der Waals surface area contributed by atoms with E-state index in [1.807, 2.05) is 36.0 Å². The van der Waals surface area contributed by atoms with E-state index in [1.165, 1.54) is 7.11 Å². The molecule has 7 heteroatoms. The van der Waals surface area contributed by atoms with Crippen LogP contribution in [0.4, 0.5) is 0 Å². The van der Waals surface area contributed by atoms with E-state index >= 15 is 0 Å². The van der Waals surface area contributed by atoms with Crippen molar-refractivity contribution in [3.8, 4) is 27.6 Å². The minimum absolute atomic E-state index is 0.373. The third-order valence-electron chi connectivity index (χ3n) is 4.20. The van der Waals surface area contributed by atoms with Crippen LogP contribution in [0.15, 0.2) is 36.0 Å². The molecule has 1 aliphatic heterocycles. The average molecular weight is 326 g/mol. The lowest BCUT2D eigenvalue weighted by Gasteiger charge is -2.22. The molecule has 2 N–H and O–H groups in total. The molecule has 3 heterocycles. The molecule has 4 rings (SSSR count). The van der Waals surface area contributed by atoms with Gasteiger partial charge in [0.25, 0.3) is 0 Å². The van der Waals surface area contributed by atoms with Crippen LogP contribution in [0.5, 0.6) is 5.75 Å². The second-order valence-corrected chi connectivity index (χ2v) is 6.44. The maximum absolute atomic E-state index is 9.64. The number of aromatic nitrogens is 2. The number of hydrogen-bond donors (Lipinski definition) is 2. The number of methoxy groups -OCH3 is 1. The summed E-state index contributed by atoms with van der Waals surface area (Å²) in [5, 5.41) is 21.3. The van der Waals surface area contributed by atoms with Crippen molar-refractivity contribution >= 4 is 23.9 Å². The van der Waals surface area contributed by atoms with Crippen molar-refractivity contribution in [1.29, 1.82) is 0 Å². The summed E-state index contributed by atoms with van der Waals surface area (Å²) in [6.45, 7) is 0.852. The maximum atomic E-state index is 9.64. The van der Waals surface area contributed by atoms with E-state index in [0.29, 0.717) is 11.2 Å². The highest BCUT2D eigenvalue weighted by Gasteiger charge is 2.26. The van der Waals surface area contributed by atoms with Crippen molar-refractivity contribution in [2.75, 3.05) is 7.11 Å². The summed E-state index contributed by atoms with van der Waals surface area (Å²) in [6.07, 6.45) is 2.72. The van der Waals surface area contributed by atoms with Gasteiger partial charge in [-0.1, -0.05) is 6.07 Å². The SMILES string of the molecule is COc1cc2c(cc1B(O)O)-c1c(-c3cccs3)ncn1CC2. The van der Waals surface area contributed by atoms with Crippen LogP contribution in [0, 0.1) is 0 Å². The fourth-order valence-electron chi connectivity index (χ4n) is 3.11.